The van der Waals surface area contributed by atoms with E-state index in [1.807, 2.05) is 54.8 Å². The molecule has 1 fully saturated rings. The van der Waals surface area contributed by atoms with Crippen LogP contribution < -0.4 is 10.2 Å². The normalized spacial score (nSPS) is 14.4. The number of carbonyl (C=O) groups excluding carboxylic acids is 1. The Morgan fingerprint density at radius 1 is 1.00 bits per heavy atom. The molecule has 0 spiro atoms. The van der Waals surface area contributed by atoms with Gasteiger partial charge in [0.25, 0.3) is 5.91 Å². The minimum absolute atomic E-state index is 0.130. The van der Waals surface area contributed by atoms with E-state index in [-0.39, 0.29) is 5.91 Å². The molecule has 1 amide bonds. The number of hydrogen-bond donors (Lipinski definition) is 1. The average Bonchev–Trinajstić information content (AvgIpc) is 3.13. The number of rotatable bonds is 7. The molecule has 0 aliphatic carbocycles. The highest BCUT2D eigenvalue weighted by atomic mass is 35.5. The summed E-state index contributed by atoms with van der Waals surface area (Å²) in [6.45, 7) is 11.5. The molecule has 0 saturated carbocycles. The lowest BCUT2D eigenvalue weighted by Gasteiger charge is -2.37. The first kappa shape index (κ1) is 24.6. The number of aryl methyl sites for hydroxylation is 1. The molecule has 4 rings (SSSR count). The Morgan fingerprint density at radius 2 is 1.71 bits per heavy atom. The fourth-order valence-corrected chi connectivity index (χ4v) is 4.86. The van der Waals surface area contributed by atoms with Gasteiger partial charge in [0, 0.05) is 54.1 Å². The number of hydrogen-bond acceptors (Lipinski definition) is 4. The minimum Gasteiger partial charge on any atom is -0.369 e. The van der Waals surface area contributed by atoms with Crippen LogP contribution in [0.1, 0.15) is 34.0 Å². The van der Waals surface area contributed by atoms with E-state index in [0.717, 1.165) is 66.9 Å². The highest BCUT2D eigenvalue weighted by molar-refractivity contribution is 6.31. The average molecular weight is 500 g/mol. The lowest BCUT2D eigenvalue weighted by molar-refractivity contribution is 0.0946. The summed E-state index contributed by atoms with van der Waals surface area (Å²) in [6, 6.07) is 13.6. The van der Waals surface area contributed by atoms with Crippen LogP contribution in [0.3, 0.4) is 0 Å². The zero-order valence-corrected chi connectivity index (χ0v) is 21.5. The first-order valence-corrected chi connectivity index (χ1v) is 12.4. The summed E-state index contributed by atoms with van der Waals surface area (Å²) in [5.74, 6) is 0.646. The van der Waals surface area contributed by atoms with Gasteiger partial charge in [0.2, 0.25) is 0 Å². The van der Waals surface area contributed by atoms with Gasteiger partial charge in [0.05, 0.1) is 5.69 Å². The molecule has 1 N–H and O–H groups in total. The van der Waals surface area contributed by atoms with Crippen LogP contribution in [0.5, 0.6) is 0 Å². The number of carbonyl (C=O) groups is 1. The standard InChI is InChI=1S/C26H31Cl2N5O/c1-18-23(28)6-4-7-24(18)32-16-14-31(15-17-32)13-5-12-29-26(34)25-19(2)33(20(3)30-25)22-10-8-21(27)9-11-22/h4,6-11H,5,12-17H2,1-3H3,(H,29,34). The van der Waals surface area contributed by atoms with E-state index in [4.69, 9.17) is 23.2 Å². The Balaban J connectivity index is 1.25. The third kappa shape index (κ3) is 5.40. The van der Waals surface area contributed by atoms with Crippen molar-refractivity contribution in [3.8, 4) is 5.69 Å². The van der Waals surface area contributed by atoms with Crippen molar-refractivity contribution in [3.63, 3.8) is 0 Å². The van der Waals surface area contributed by atoms with Crippen LogP contribution in [0.4, 0.5) is 5.69 Å². The lowest BCUT2D eigenvalue weighted by atomic mass is 10.1. The van der Waals surface area contributed by atoms with Crippen LogP contribution in [-0.4, -0.2) is 59.6 Å². The molecule has 8 heteroatoms. The van der Waals surface area contributed by atoms with Crippen molar-refractivity contribution >= 4 is 34.8 Å². The van der Waals surface area contributed by atoms with Crippen molar-refractivity contribution in [2.24, 2.45) is 0 Å². The number of piperazine rings is 1. The van der Waals surface area contributed by atoms with E-state index in [0.29, 0.717) is 17.3 Å². The quantitative estimate of drug-likeness (QED) is 0.462. The molecule has 1 aromatic heterocycles. The predicted octanol–water partition coefficient (Wildman–Crippen LogP) is 5.05. The maximum absolute atomic E-state index is 12.8. The monoisotopic (exact) mass is 499 g/mol. The number of benzene rings is 2. The smallest absolute Gasteiger partial charge is 0.271 e. The Hall–Kier alpha value is -2.54. The molecule has 180 valence electrons. The van der Waals surface area contributed by atoms with Crippen molar-refractivity contribution < 1.29 is 4.79 Å². The van der Waals surface area contributed by atoms with Crippen LogP contribution in [0.25, 0.3) is 5.69 Å². The Kier molecular flexibility index (Phi) is 7.81. The summed E-state index contributed by atoms with van der Waals surface area (Å²) in [5, 5.41) is 4.54. The van der Waals surface area contributed by atoms with Gasteiger partial charge in [-0.1, -0.05) is 29.3 Å². The van der Waals surface area contributed by atoms with Crippen molar-refractivity contribution in [1.82, 2.24) is 19.8 Å². The van der Waals surface area contributed by atoms with E-state index in [2.05, 4.69) is 33.1 Å². The Labute approximate surface area is 211 Å². The SMILES string of the molecule is Cc1c(Cl)cccc1N1CCN(CCCNC(=O)c2nc(C)n(-c3ccc(Cl)cc3)c2C)CC1. The largest absolute Gasteiger partial charge is 0.369 e. The highest BCUT2D eigenvalue weighted by Crippen LogP contribution is 2.27. The summed E-state index contributed by atoms with van der Waals surface area (Å²) in [6.07, 6.45) is 0.901. The lowest BCUT2D eigenvalue weighted by Crippen LogP contribution is -2.47. The molecular weight excluding hydrogens is 469 g/mol. The van der Waals surface area contributed by atoms with Crippen LogP contribution in [0.15, 0.2) is 42.5 Å². The van der Waals surface area contributed by atoms with E-state index in [1.54, 1.807) is 0 Å². The van der Waals surface area contributed by atoms with Crippen LogP contribution in [0, 0.1) is 20.8 Å². The molecule has 2 heterocycles. The molecule has 0 radical (unpaired) electrons. The van der Waals surface area contributed by atoms with Crippen molar-refractivity contribution in [2.75, 3.05) is 44.2 Å². The molecule has 3 aromatic rings. The van der Waals surface area contributed by atoms with Gasteiger partial charge >= 0.3 is 0 Å². The van der Waals surface area contributed by atoms with Gasteiger partial charge in [-0.05, 0) is 75.7 Å². The van der Waals surface area contributed by atoms with E-state index in [9.17, 15) is 4.79 Å². The van der Waals surface area contributed by atoms with Gasteiger partial charge in [-0.3, -0.25) is 9.69 Å². The van der Waals surface area contributed by atoms with Crippen LogP contribution in [-0.2, 0) is 0 Å². The second-order valence-corrected chi connectivity index (χ2v) is 9.57. The van der Waals surface area contributed by atoms with Gasteiger partial charge in [-0.2, -0.15) is 0 Å². The fraction of sp³-hybridized carbons (Fsp3) is 0.385. The topological polar surface area (TPSA) is 53.4 Å². The molecule has 0 unspecified atom stereocenters. The fourth-order valence-electron chi connectivity index (χ4n) is 4.57. The molecule has 6 nitrogen and oxygen atoms in total. The molecule has 1 aliphatic rings. The maximum Gasteiger partial charge on any atom is 0.271 e. The van der Waals surface area contributed by atoms with Gasteiger partial charge in [0.1, 0.15) is 11.5 Å². The molecular formula is C26H31Cl2N5O. The first-order chi connectivity index (χ1) is 16.3. The zero-order chi connectivity index (χ0) is 24.2. The third-order valence-corrected chi connectivity index (χ3v) is 7.13. The van der Waals surface area contributed by atoms with E-state index in [1.165, 1.54) is 5.69 Å². The van der Waals surface area contributed by atoms with Crippen molar-refractivity contribution in [3.05, 3.63) is 75.3 Å². The number of amides is 1. The summed E-state index contributed by atoms with van der Waals surface area (Å²) in [5.41, 5.74) is 4.60. The van der Waals surface area contributed by atoms with Gasteiger partial charge in [-0.25, -0.2) is 4.98 Å². The summed E-state index contributed by atoms with van der Waals surface area (Å²) < 4.78 is 1.98. The maximum atomic E-state index is 12.8. The number of halogens is 2. The number of imidazole rings is 1. The highest BCUT2D eigenvalue weighted by Gasteiger charge is 2.20. The van der Waals surface area contributed by atoms with E-state index >= 15 is 0 Å². The predicted molar refractivity (Wildman–Crippen MR) is 140 cm³/mol. The van der Waals surface area contributed by atoms with Gasteiger partial charge in [0.15, 0.2) is 0 Å². The van der Waals surface area contributed by atoms with Crippen LogP contribution >= 0.6 is 23.2 Å². The number of aromatic nitrogens is 2. The van der Waals surface area contributed by atoms with E-state index < -0.39 is 0 Å². The van der Waals surface area contributed by atoms with Crippen molar-refractivity contribution in [2.45, 2.75) is 27.2 Å². The molecule has 34 heavy (non-hydrogen) atoms. The van der Waals surface area contributed by atoms with Gasteiger partial charge in [-0.15, -0.1) is 0 Å². The summed E-state index contributed by atoms with van der Waals surface area (Å²) in [7, 11) is 0. The van der Waals surface area contributed by atoms with Crippen LogP contribution in [0.2, 0.25) is 10.0 Å². The molecule has 1 aliphatic heterocycles. The third-order valence-electron chi connectivity index (χ3n) is 6.46. The Morgan fingerprint density at radius 3 is 2.41 bits per heavy atom. The molecule has 0 bridgehead atoms. The molecule has 1 saturated heterocycles. The minimum atomic E-state index is -0.130. The molecule has 2 aromatic carbocycles. The Bertz CT molecular complexity index is 1150. The molecule has 0 atom stereocenters. The van der Waals surface area contributed by atoms with Gasteiger partial charge < -0.3 is 14.8 Å². The number of anilines is 1. The second kappa shape index (κ2) is 10.8. The summed E-state index contributed by atoms with van der Waals surface area (Å²) >= 11 is 12.3. The zero-order valence-electron chi connectivity index (χ0n) is 19.9. The van der Waals surface area contributed by atoms with Crippen molar-refractivity contribution in [1.29, 1.82) is 0 Å². The second-order valence-electron chi connectivity index (χ2n) is 8.73. The number of nitrogens with zero attached hydrogens (tertiary/aromatic N) is 4. The summed E-state index contributed by atoms with van der Waals surface area (Å²) in [4.78, 5) is 22.2. The first-order valence-electron chi connectivity index (χ1n) is 11.7. The number of nitrogens with one attached hydrogen (secondary N) is 1.